The lowest BCUT2D eigenvalue weighted by Gasteiger charge is -2.40. The molecular weight excluding hydrogens is 386 g/mol. The van der Waals surface area contributed by atoms with Gasteiger partial charge < -0.3 is 18.8 Å². The summed E-state index contributed by atoms with van der Waals surface area (Å²) >= 11 is 0. The van der Waals surface area contributed by atoms with E-state index in [1.165, 1.54) is 0 Å². The minimum atomic E-state index is -1.61. The first-order valence-electron chi connectivity index (χ1n) is 10.0. The Morgan fingerprint density at radius 1 is 0.900 bits per heavy atom. The van der Waals surface area contributed by atoms with Crippen LogP contribution in [-0.4, -0.2) is 43.6 Å². The summed E-state index contributed by atoms with van der Waals surface area (Å²) in [5.41, 5.74) is 0.719. The maximum Gasteiger partial charge on any atom is 0.327 e. The molecule has 1 aliphatic rings. The van der Waals surface area contributed by atoms with Crippen LogP contribution < -0.4 is 4.74 Å². The van der Waals surface area contributed by atoms with Crippen LogP contribution in [0.25, 0.3) is 11.3 Å². The van der Waals surface area contributed by atoms with Crippen molar-refractivity contribution in [1.29, 1.82) is 0 Å². The number of carbonyl (C=O) groups is 3. The van der Waals surface area contributed by atoms with Crippen LogP contribution in [0.3, 0.4) is 0 Å². The van der Waals surface area contributed by atoms with Gasteiger partial charge in [0.05, 0.1) is 21.3 Å². The van der Waals surface area contributed by atoms with Gasteiger partial charge in [0, 0.05) is 11.9 Å². The molecule has 1 aromatic carbocycles. The first-order valence-corrected chi connectivity index (χ1v) is 10.0. The number of nitrogens with zero attached hydrogens (tertiary/aromatic N) is 1. The van der Waals surface area contributed by atoms with E-state index < -0.39 is 29.2 Å². The van der Waals surface area contributed by atoms with Crippen LogP contribution in [-0.2, 0) is 29.4 Å². The van der Waals surface area contributed by atoms with E-state index in [9.17, 15) is 14.4 Å². The van der Waals surface area contributed by atoms with Gasteiger partial charge in [-0.15, -0.1) is 0 Å². The molecule has 3 rings (SSSR count). The van der Waals surface area contributed by atoms with Crippen molar-refractivity contribution < 1.29 is 28.6 Å². The van der Waals surface area contributed by atoms with Gasteiger partial charge in [-0.2, -0.15) is 0 Å². The van der Waals surface area contributed by atoms with Crippen molar-refractivity contribution in [1.82, 2.24) is 4.57 Å². The van der Waals surface area contributed by atoms with E-state index in [4.69, 9.17) is 14.2 Å². The first-order chi connectivity index (χ1) is 14.5. The van der Waals surface area contributed by atoms with Crippen molar-refractivity contribution in [3.63, 3.8) is 0 Å². The molecule has 0 bridgehead atoms. The van der Waals surface area contributed by atoms with Gasteiger partial charge in [-0.05, 0) is 54.8 Å². The van der Waals surface area contributed by atoms with E-state index in [1.54, 1.807) is 7.11 Å². The Kier molecular flexibility index (Phi) is 6.59. The Hall–Kier alpha value is -3.09. The molecule has 1 aromatic heterocycles. The predicted octanol–water partition coefficient (Wildman–Crippen LogP) is 3.35. The van der Waals surface area contributed by atoms with E-state index >= 15 is 0 Å². The average molecular weight is 413 g/mol. The lowest BCUT2D eigenvalue weighted by Crippen LogP contribution is -2.51. The molecule has 0 unspecified atom stereocenters. The van der Waals surface area contributed by atoms with Gasteiger partial charge in [-0.3, -0.25) is 14.4 Å². The Labute approximate surface area is 175 Å². The molecule has 1 fully saturated rings. The Morgan fingerprint density at radius 3 is 2.03 bits per heavy atom. The zero-order valence-corrected chi connectivity index (χ0v) is 17.6. The maximum atomic E-state index is 13.8. The predicted molar refractivity (Wildman–Crippen MR) is 110 cm³/mol. The van der Waals surface area contributed by atoms with Crippen molar-refractivity contribution >= 4 is 17.7 Å². The number of aromatic nitrogens is 1. The molecule has 7 nitrogen and oxygen atoms in total. The van der Waals surface area contributed by atoms with Gasteiger partial charge in [-0.25, -0.2) is 0 Å². The summed E-state index contributed by atoms with van der Waals surface area (Å²) in [6.07, 6.45) is 5.55. The number of ketones is 1. The van der Waals surface area contributed by atoms with Crippen molar-refractivity contribution in [3.8, 4) is 17.0 Å². The molecule has 1 saturated carbocycles. The topological polar surface area (TPSA) is 83.8 Å². The third-order valence-corrected chi connectivity index (χ3v) is 5.87. The highest BCUT2D eigenvalue weighted by Crippen LogP contribution is 2.41. The highest BCUT2D eigenvalue weighted by Gasteiger charge is 2.50. The SMILES string of the molecule is COC(=O)C(C(=O)OC)C(=O)C1(n2cccc2-c2ccc(OC)cc2)CCCCC1. The third-order valence-electron chi connectivity index (χ3n) is 5.87. The van der Waals surface area contributed by atoms with Crippen molar-refractivity contribution in [2.45, 2.75) is 37.6 Å². The lowest BCUT2D eigenvalue weighted by atomic mass is 9.74. The summed E-state index contributed by atoms with van der Waals surface area (Å²) < 4.78 is 16.7. The number of benzene rings is 1. The monoisotopic (exact) mass is 413 g/mol. The zero-order valence-electron chi connectivity index (χ0n) is 17.6. The largest absolute Gasteiger partial charge is 0.497 e. The molecule has 0 radical (unpaired) electrons. The second kappa shape index (κ2) is 9.15. The van der Waals surface area contributed by atoms with Gasteiger partial charge in [0.25, 0.3) is 0 Å². The minimum Gasteiger partial charge on any atom is -0.497 e. The summed E-state index contributed by atoms with van der Waals surface area (Å²) in [6, 6.07) is 11.3. The van der Waals surface area contributed by atoms with Gasteiger partial charge in [0.15, 0.2) is 5.78 Å². The molecule has 30 heavy (non-hydrogen) atoms. The van der Waals surface area contributed by atoms with E-state index in [0.29, 0.717) is 12.8 Å². The Morgan fingerprint density at radius 2 is 1.50 bits per heavy atom. The normalized spacial score (nSPS) is 15.5. The number of hydrogen-bond donors (Lipinski definition) is 0. The van der Waals surface area contributed by atoms with Crippen LogP contribution in [0.1, 0.15) is 32.1 Å². The highest BCUT2D eigenvalue weighted by molar-refractivity contribution is 6.17. The molecular formula is C23H27NO6. The number of methoxy groups -OCH3 is 3. The van der Waals surface area contributed by atoms with E-state index in [1.807, 2.05) is 47.2 Å². The fraction of sp³-hybridized carbons (Fsp3) is 0.435. The van der Waals surface area contributed by atoms with Gasteiger partial charge in [-0.1, -0.05) is 19.3 Å². The first kappa shape index (κ1) is 21.6. The second-order valence-corrected chi connectivity index (χ2v) is 7.43. The number of Topliss-reactive ketones (excluding diaryl/α,β-unsaturated/α-hetero) is 1. The number of rotatable bonds is 7. The third kappa shape index (κ3) is 3.84. The van der Waals surface area contributed by atoms with Gasteiger partial charge >= 0.3 is 11.9 Å². The number of ether oxygens (including phenoxy) is 3. The molecule has 0 atom stereocenters. The van der Waals surface area contributed by atoms with Crippen LogP contribution in [0.15, 0.2) is 42.6 Å². The number of carbonyl (C=O) groups excluding carboxylic acids is 3. The quantitative estimate of drug-likeness (QED) is 0.511. The average Bonchev–Trinajstić information content (AvgIpc) is 3.29. The van der Waals surface area contributed by atoms with Gasteiger partial charge in [0.2, 0.25) is 5.92 Å². The molecule has 0 aliphatic heterocycles. The standard InChI is InChI=1S/C23H27NO6/c1-28-17-11-9-16(10-12-17)18-8-7-15-24(18)23(13-5-4-6-14-23)20(25)19(21(26)29-2)22(27)30-3/h7-12,15,19H,4-6,13-14H2,1-3H3. The molecule has 0 amide bonds. The molecule has 1 heterocycles. The van der Waals surface area contributed by atoms with Crippen molar-refractivity contribution in [2.24, 2.45) is 5.92 Å². The fourth-order valence-corrected chi connectivity index (χ4v) is 4.31. The summed E-state index contributed by atoms with van der Waals surface area (Å²) in [4.78, 5) is 38.5. The Balaban J connectivity index is 2.10. The molecule has 2 aromatic rings. The van der Waals surface area contributed by atoms with E-state index in [0.717, 1.165) is 50.5 Å². The summed E-state index contributed by atoms with van der Waals surface area (Å²) in [5.74, 6) is -3.14. The molecule has 0 N–H and O–H groups in total. The maximum absolute atomic E-state index is 13.8. The van der Waals surface area contributed by atoms with Crippen LogP contribution in [0, 0.1) is 5.92 Å². The smallest absolute Gasteiger partial charge is 0.327 e. The second-order valence-electron chi connectivity index (χ2n) is 7.43. The van der Waals surface area contributed by atoms with Crippen LogP contribution in [0.2, 0.25) is 0 Å². The summed E-state index contributed by atoms with van der Waals surface area (Å²) in [7, 11) is 3.93. The number of hydrogen-bond acceptors (Lipinski definition) is 6. The molecule has 1 aliphatic carbocycles. The Bertz CT molecular complexity index is 892. The summed E-state index contributed by atoms with van der Waals surface area (Å²) in [5, 5.41) is 0. The fourth-order valence-electron chi connectivity index (χ4n) is 4.31. The highest BCUT2D eigenvalue weighted by atomic mass is 16.5. The van der Waals surface area contributed by atoms with Crippen molar-refractivity contribution in [3.05, 3.63) is 42.6 Å². The molecule has 160 valence electrons. The van der Waals surface area contributed by atoms with Gasteiger partial charge in [0.1, 0.15) is 11.3 Å². The van der Waals surface area contributed by atoms with Crippen molar-refractivity contribution in [2.75, 3.05) is 21.3 Å². The summed E-state index contributed by atoms with van der Waals surface area (Å²) in [6.45, 7) is 0. The molecule has 0 spiro atoms. The minimum absolute atomic E-state index is 0.480. The molecule has 0 saturated heterocycles. The van der Waals surface area contributed by atoms with Crippen LogP contribution >= 0.6 is 0 Å². The lowest BCUT2D eigenvalue weighted by molar-refractivity contribution is -0.164. The molecule has 7 heteroatoms. The van der Waals surface area contributed by atoms with Crippen LogP contribution in [0.4, 0.5) is 0 Å². The van der Waals surface area contributed by atoms with E-state index in [2.05, 4.69) is 0 Å². The van der Waals surface area contributed by atoms with Crippen LogP contribution in [0.5, 0.6) is 5.75 Å². The zero-order chi connectivity index (χ0) is 21.7. The number of esters is 2. The van der Waals surface area contributed by atoms with E-state index in [-0.39, 0.29) is 0 Å².